The second-order valence-corrected chi connectivity index (χ2v) is 12.6. The van der Waals surface area contributed by atoms with E-state index in [0.717, 1.165) is 0 Å². The van der Waals surface area contributed by atoms with Gasteiger partial charge in [-0.05, 0) is 61.0 Å². The number of hydrogen-bond donors (Lipinski definition) is 2. The molecule has 10 nitrogen and oxygen atoms in total. The Morgan fingerprint density at radius 2 is 1.44 bits per heavy atom. The van der Waals surface area contributed by atoms with E-state index in [1.807, 2.05) is 0 Å². The van der Waals surface area contributed by atoms with Crippen molar-refractivity contribution in [2.24, 2.45) is 0 Å². The molecule has 0 aliphatic carbocycles. The second-order valence-electron chi connectivity index (χ2n) is 8.71. The lowest BCUT2D eigenvalue weighted by Gasteiger charge is -2.15. The van der Waals surface area contributed by atoms with Crippen molar-refractivity contribution in [2.45, 2.75) is 27.7 Å². The van der Waals surface area contributed by atoms with Crippen LogP contribution in [0, 0.1) is 6.92 Å². The van der Waals surface area contributed by atoms with Crippen LogP contribution in [-0.4, -0.2) is 48.7 Å². The van der Waals surface area contributed by atoms with Crippen LogP contribution in [0.2, 0.25) is 0 Å². The van der Waals surface area contributed by atoms with E-state index in [-0.39, 0.29) is 29.8 Å². The van der Waals surface area contributed by atoms with Gasteiger partial charge in [0.25, 0.3) is 25.6 Å². The molecule has 0 bridgehead atoms. The second kappa shape index (κ2) is 11.3. The van der Waals surface area contributed by atoms with Crippen LogP contribution in [0.1, 0.15) is 15.9 Å². The molecule has 4 aromatic rings. The third-order valence-electron chi connectivity index (χ3n) is 5.73. The zero-order chi connectivity index (χ0) is 31.8. The largest absolute Gasteiger partial charge is 0.501 e. The Bertz CT molecular complexity index is 1850. The number of halogens is 6. The van der Waals surface area contributed by atoms with E-state index in [4.69, 9.17) is 0 Å². The van der Waals surface area contributed by atoms with Gasteiger partial charge >= 0.3 is 11.0 Å². The van der Waals surface area contributed by atoms with Gasteiger partial charge < -0.3 is 10.6 Å². The van der Waals surface area contributed by atoms with E-state index in [0.29, 0.717) is 22.5 Å². The van der Waals surface area contributed by atoms with E-state index in [9.17, 15) is 48.0 Å². The van der Waals surface area contributed by atoms with Gasteiger partial charge in [-0.2, -0.15) is 26.3 Å². The number of aromatic nitrogens is 3. The zero-order valence-corrected chi connectivity index (χ0v) is 23.0. The summed E-state index contributed by atoms with van der Waals surface area (Å²) in [5.74, 6) is -1.28. The number of amides is 1. The van der Waals surface area contributed by atoms with Crippen molar-refractivity contribution in [3.05, 3.63) is 84.3 Å². The summed E-state index contributed by atoms with van der Waals surface area (Å²) in [5, 5.41) is 5.13. The summed E-state index contributed by atoms with van der Waals surface area (Å²) in [6, 6.07) is 9.19. The number of hydrogen-bond acceptors (Lipinski definition) is 9. The number of sulfone groups is 2. The number of benzene rings is 2. The molecule has 0 aliphatic heterocycles. The first-order chi connectivity index (χ1) is 19.9. The minimum atomic E-state index is -6.34. The minimum absolute atomic E-state index is 0.0502. The van der Waals surface area contributed by atoms with Crippen LogP contribution < -0.4 is 10.6 Å². The summed E-state index contributed by atoms with van der Waals surface area (Å²) >= 11 is 0. The van der Waals surface area contributed by atoms with Gasteiger partial charge in [-0.1, -0.05) is 6.07 Å². The molecule has 0 saturated carbocycles. The molecule has 0 radical (unpaired) electrons. The van der Waals surface area contributed by atoms with Gasteiger partial charge in [0.05, 0.1) is 15.5 Å². The first kappa shape index (κ1) is 31.4. The molecule has 0 spiro atoms. The normalized spacial score (nSPS) is 12.5. The number of nitrogens with zero attached hydrogens (tertiary/aromatic N) is 3. The highest BCUT2D eigenvalue weighted by atomic mass is 32.2. The number of aryl methyl sites for hydroxylation is 1. The molecule has 0 aliphatic rings. The molecular weight excluding hydrogens is 628 g/mol. The summed E-state index contributed by atoms with van der Waals surface area (Å²) in [6.45, 7) is 1.67. The monoisotopic (exact) mass is 645 g/mol. The fourth-order valence-corrected chi connectivity index (χ4v) is 5.27. The SMILES string of the molecule is Cc1ccc(NC(=O)c2cc(S(=O)(=O)C(F)(F)F)cc(S(=O)(=O)C(F)(F)F)c2)cc1Nc1nccc(-c2cccnc2)n1. The van der Waals surface area contributed by atoms with Crippen molar-refractivity contribution in [1.82, 2.24) is 15.0 Å². The molecule has 0 saturated heterocycles. The Balaban J connectivity index is 1.69. The van der Waals surface area contributed by atoms with Gasteiger partial charge in [-0.3, -0.25) is 9.78 Å². The van der Waals surface area contributed by atoms with Crippen LogP contribution in [0.15, 0.2) is 83.0 Å². The minimum Gasteiger partial charge on any atom is -0.324 e. The molecule has 0 unspecified atom stereocenters. The Morgan fingerprint density at radius 1 is 0.814 bits per heavy atom. The Kier molecular flexibility index (Phi) is 8.20. The quantitative estimate of drug-likeness (QED) is 0.251. The number of anilines is 3. The van der Waals surface area contributed by atoms with Crippen molar-refractivity contribution < 1.29 is 48.0 Å². The van der Waals surface area contributed by atoms with Crippen LogP contribution in [-0.2, 0) is 19.7 Å². The molecule has 226 valence electrons. The number of pyridine rings is 1. The first-order valence-corrected chi connectivity index (χ1v) is 14.6. The Hall–Kier alpha value is -4.58. The third-order valence-corrected chi connectivity index (χ3v) is 8.66. The number of carbonyl (C=O) groups is 1. The molecule has 1 amide bonds. The van der Waals surface area contributed by atoms with E-state index < -0.39 is 52.0 Å². The maximum absolute atomic E-state index is 13.2. The topological polar surface area (TPSA) is 148 Å². The third kappa shape index (κ3) is 6.59. The standard InChI is InChI=1S/C25H17F6N5O5S2/c1-14-4-5-17(11-21(14)36-23-33-8-6-20(35-23)15-3-2-7-32-13-15)34-22(37)16-9-18(42(38,39)24(26,27)28)12-19(10-16)43(40,41)25(29,30)31/h2-13H,1H3,(H,34,37)(H,33,35,36). The predicted octanol–water partition coefficient (Wildman–Crippen LogP) is 5.43. The fraction of sp³-hybridized carbons (Fsp3) is 0.120. The maximum atomic E-state index is 13.2. The lowest BCUT2D eigenvalue weighted by molar-refractivity contribution is -0.0438. The van der Waals surface area contributed by atoms with Crippen molar-refractivity contribution in [2.75, 3.05) is 10.6 Å². The van der Waals surface area contributed by atoms with Gasteiger partial charge in [-0.15, -0.1) is 0 Å². The van der Waals surface area contributed by atoms with Gasteiger partial charge in [0.1, 0.15) is 0 Å². The highest BCUT2D eigenvalue weighted by Crippen LogP contribution is 2.36. The van der Waals surface area contributed by atoms with Crippen molar-refractivity contribution >= 4 is 42.9 Å². The lowest BCUT2D eigenvalue weighted by atomic mass is 10.1. The average molecular weight is 646 g/mol. The van der Waals surface area contributed by atoms with Gasteiger partial charge in [0.15, 0.2) is 0 Å². The molecular formula is C25H17F6N5O5S2. The highest BCUT2D eigenvalue weighted by molar-refractivity contribution is 7.93. The molecule has 0 fully saturated rings. The Morgan fingerprint density at radius 3 is 2.00 bits per heavy atom. The van der Waals surface area contributed by atoms with E-state index in [1.165, 1.54) is 24.4 Å². The van der Waals surface area contributed by atoms with Crippen LogP contribution in [0.4, 0.5) is 43.7 Å². The van der Waals surface area contributed by atoms with Crippen molar-refractivity contribution in [3.63, 3.8) is 0 Å². The fourth-order valence-electron chi connectivity index (χ4n) is 3.53. The summed E-state index contributed by atoms with van der Waals surface area (Å²) in [4.78, 5) is 21.7. The molecule has 0 atom stereocenters. The lowest BCUT2D eigenvalue weighted by Crippen LogP contribution is -2.27. The summed E-state index contributed by atoms with van der Waals surface area (Å²) < 4.78 is 127. The van der Waals surface area contributed by atoms with Crippen LogP contribution in [0.25, 0.3) is 11.3 Å². The maximum Gasteiger partial charge on any atom is 0.501 e. The predicted molar refractivity (Wildman–Crippen MR) is 141 cm³/mol. The smallest absolute Gasteiger partial charge is 0.324 e. The number of rotatable bonds is 7. The number of alkyl halides is 6. The average Bonchev–Trinajstić information content (AvgIpc) is 2.94. The first-order valence-electron chi connectivity index (χ1n) is 11.6. The zero-order valence-electron chi connectivity index (χ0n) is 21.4. The van der Waals surface area contributed by atoms with Crippen molar-refractivity contribution in [3.8, 4) is 11.3 Å². The molecule has 4 rings (SSSR count). The molecule has 2 aromatic carbocycles. The highest BCUT2D eigenvalue weighted by Gasteiger charge is 2.50. The van der Waals surface area contributed by atoms with E-state index >= 15 is 0 Å². The molecule has 43 heavy (non-hydrogen) atoms. The van der Waals surface area contributed by atoms with Crippen LogP contribution in [0.5, 0.6) is 0 Å². The number of carbonyl (C=O) groups excluding carboxylic acids is 1. The molecule has 2 heterocycles. The summed E-state index contributed by atoms with van der Waals surface area (Å²) in [6.07, 6.45) is 4.62. The summed E-state index contributed by atoms with van der Waals surface area (Å²) in [7, 11) is -12.7. The van der Waals surface area contributed by atoms with Crippen LogP contribution in [0.3, 0.4) is 0 Å². The Labute approximate surface area is 239 Å². The van der Waals surface area contributed by atoms with Gasteiger partial charge in [0.2, 0.25) is 5.95 Å². The van der Waals surface area contributed by atoms with Crippen LogP contribution >= 0.6 is 0 Å². The van der Waals surface area contributed by atoms with E-state index in [1.54, 1.807) is 37.5 Å². The van der Waals surface area contributed by atoms with Crippen molar-refractivity contribution in [1.29, 1.82) is 0 Å². The summed E-state index contributed by atoms with van der Waals surface area (Å²) in [5.41, 5.74) is -11.0. The van der Waals surface area contributed by atoms with E-state index in [2.05, 4.69) is 25.6 Å². The molecule has 18 heteroatoms. The number of nitrogens with one attached hydrogen (secondary N) is 2. The van der Waals surface area contributed by atoms with Gasteiger partial charge in [-0.25, -0.2) is 26.8 Å². The van der Waals surface area contributed by atoms with Gasteiger partial charge in [0, 0.05) is 41.1 Å². The molecule has 2 N–H and O–H groups in total. The molecule has 2 aromatic heterocycles.